The molecular formula is C27H27ClFN5O. The van der Waals surface area contributed by atoms with Crippen LogP contribution in [-0.2, 0) is 12.5 Å². The maximum Gasteiger partial charge on any atom is 0.257 e. The fraction of sp³-hybridized carbons (Fsp3) is 0.370. The van der Waals surface area contributed by atoms with Gasteiger partial charge in [-0.2, -0.15) is 5.10 Å². The van der Waals surface area contributed by atoms with Crippen molar-refractivity contribution in [3.63, 3.8) is 0 Å². The first-order valence-electron chi connectivity index (χ1n) is 12.1. The fourth-order valence-corrected chi connectivity index (χ4v) is 6.32. The first-order chi connectivity index (χ1) is 17.0. The summed E-state index contributed by atoms with van der Waals surface area (Å²) in [6.07, 6.45) is 14.2. The minimum Gasteiger partial charge on any atom is -0.369 e. The van der Waals surface area contributed by atoms with Crippen LogP contribution in [0.25, 0.3) is 11.1 Å². The molecule has 6 nitrogen and oxygen atoms in total. The molecule has 1 saturated heterocycles. The highest BCUT2D eigenvalue weighted by Crippen LogP contribution is 2.50. The highest BCUT2D eigenvalue weighted by atomic mass is 35.5. The number of nitrogens with one attached hydrogen (secondary N) is 1. The largest absolute Gasteiger partial charge is 0.369 e. The van der Waals surface area contributed by atoms with Gasteiger partial charge in [-0.1, -0.05) is 35.9 Å². The van der Waals surface area contributed by atoms with Crippen molar-refractivity contribution in [1.29, 1.82) is 0 Å². The minimum atomic E-state index is -0.554. The number of amides is 1. The Morgan fingerprint density at radius 3 is 2.80 bits per heavy atom. The summed E-state index contributed by atoms with van der Waals surface area (Å²) in [5.74, 6) is -0.0924. The van der Waals surface area contributed by atoms with Gasteiger partial charge in [0.2, 0.25) is 0 Å². The number of aryl methyl sites for hydroxylation is 1. The number of rotatable bonds is 3. The van der Waals surface area contributed by atoms with Crippen molar-refractivity contribution in [1.82, 2.24) is 19.7 Å². The second-order valence-electron chi connectivity index (χ2n) is 9.85. The number of anilines is 1. The average molecular weight is 492 g/mol. The van der Waals surface area contributed by atoms with Gasteiger partial charge in [0.15, 0.2) is 0 Å². The van der Waals surface area contributed by atoms with Crippen molar-refractivity contribution >= 4 is 23.3 Å². The number of halogens is 2. The Morgan fingerprint density at radius 1 is 1.20 bits per heavy atom. The summed E-state index contributed by atoms with van der Waals surface area (Å²) in [6.45, 7) is 1.35. The number of piperidine rings is 1. The molecule has 1 N–H and O–H groups in total. The molecule has 4 heterocycles. The van der Waals surface area contributed by atoms with Gasteiger partial charge in [0.05, 0.1) is 22.8 Å². The normalized spacial score (nSPS) is 20.3. The maximum absolute atomic E-state index is 16.0. The Kier molecular flexibility index (Phi) is 5.40. The molecule has 1 fully saturated rings. The van der Waals surface area contributed by atoms with E-state index in [0.717, 1.165) is 55.6 Å². The number of carbonyl (C=O) groups excluding carboxylic acids is 1. The van der Waals surface area contributed by atoms with Crippen LogP contribution in [0.4, 0.5) is 10.2 Å². The summed E-state index contributed by atoms with van der Waals surface area (Å²) < 4.78 is 17.8. The molecule has 0 bridgehead atoms. The third-order valence-corrected chi connectivity index (χ3v) is 8.11. The van der Waals surface area contributed by atoms with Crippen LogP contribution in [-0.4, -0.2) is 38.7 Å². The van der Waals surface area contributed by atoms with E-state index in [0.29, 0.717) is 22.7 Å². The lowest BCUT2D eigenvalue weighted by Crippen LogP contribution is -2.38. The van der Waals surface area contributed by atoms with E-state index in [1.165, 1.54) is 0 Å². The van der Waals surface area contributed by atoms with Crippen LogP contribution in [0.1, 0.15) is 59.6 Å². The molecule has 0 unspecified atom stereocenters. The average Bonchev–Trinajstić information content (AvgIpc) is 3.61. The first kappa shape index (κ1) is 22.3. The number of allylic oxidation sites excluding steroid dienone is 2. The Bertz CT molecular complexity index is 1340. The topological polar surface area (TPSA) is 63.1 Å². The number of benzene rings is 1. The highest BCUT2D eigenvalue weighted by molar-refractivity contribution is 6.34. The number of likely N-dealkylation sites (tertiary alicyclic amines) is 1. The van der Waals surface area contributed by atoms with Crippen molar-refractivity contribution in [3.05, 3.63) is 76.5 Å². The van der Waals surface area contributed by atoms with E-state index in [1.807, 2.05) is 13.2 Å². The Morgan fingerprint density at radius 2 is 2.03 bits per heavy atom. The number of carbonyl (C=O) groups is 1. The third-order valence-electron chi connectivity index (χ3n) is 7.72. The summed E-state index contributed by atoms with van der Waals surface area (Å²) in [5.41, 5.74) is 2.68. The number of fused-ring (bicyclic) bond motifs is 2. The zero-order valence-electron chi connectivity index (χ0n) is 19.6. The molecule has 8 heteroatoms. The molecule has 2 aliphatic heterocycles. The van der Waals surface area contributed by atoms with Crippen molar-refractivity contribution in [2.45, 2.75) is 43.6 Å². The molecule has 35 heavy (non-hydrogen) atoms. The smallest absolute Gasteiger partial charge is 0.257 e. The van der Waals surface area contributed by atoms with Gasteiger partial charge in [0.25, 0.3) is 5.91 Å². The van der Waals surface area contributed by atoms with Crippen molar-refractivity contribution in [3.8, 4) is 11.1 Å². The van der Waals surface area contributed by atoms with Crippen LogP contribution in [0.2, 0.25) is 5.02 Å². The van der Waals surface area contributed by atoms with E-state index in [4.69, 9.17) is 11.6 Å². The Labute approximate surface area is 208 Å². The fourth-order valence-electron chi connectivity index (χ4n) is 5.88. The van der Waals surface area contributed by atoms with E-state index < -0.39 is 5.82 Å². The highest BCUT2D eigenvalue weighted by Gasteiger charge is 2.42. The molecule has 3 aromatic rings. The van der Waals surface area contributed by atoms with Crippen molar-refractivity contribution in [2.24, 2.45) is 7.05 Å². The summed E-state index contributed by atoms with van der Waals surface area (Å²) in [5, 5.41) is 8.15. The van der Waals surface area contributed by atoms with Gasteiger partial charge in [-0.15, -0.1) is 0 Å². The standard InChI is InChI=1S/C27H27ClFN5O/c1-33-15-17(13-32-33)21-9-2-5-12-34(21)26(35)19-8-6-7-18(24(19)29)20-14-30-25-22(23(20)28)27(16-31-25)10-3-4-11-27/h3-4,6-8,13-15,21H,2,5,9-12,16H2,1H3,(H,30,31)/t21-/m0/s1. The molecule has 1 spiro atoms. The van der Waals surface area contributed by atoms with Gasteiger partial charge in [0, 0.05) is 60.2 Å². The SMILES string of the molecule is Cn1cc([C@@H]2CCCCN2C(=O)c2cccc(-c3cnc4c(c3Cl)C3(CC=CC3)CN4)c2F)cn1. The van der Waals surface area contributed by atoms with Gasteiger partial charge in [0.1, 0.15) is 11.6 Å². The molecule has 2 aromatic heterocycles. The van der Waals surface area contributed by atoms with Gasteiger partial charge in [-0.25, -0.2) is 9.37 Å². The quantitative estimate of drug-likeness (QED) is 0.480. The molecule has 3 aliphatic rings. The van der Waals surface area contributed by atoms with Crippen LogP contribution in [0.15, 0.2) is 48.9 Å². The number of pyridine rings is 1. The molecule has 0 saturated carbocycles. The number of hydrogen-bond donors (Lipinski definition) is 1. The molecule has 1 amide bonds. The Hall–Kier alpha value is -3.19. The molecule has 1 aromatic carbocycles. The van der Waals surface area contributed by atoms with Crippen LogP contribution in [0.5, 0.6) is 0 Å². The van der Waals surface area contributed by atoms with Gasteiger partial charge in [-0.05, 0) is 38.2 Å². The van der Waals surface area contributed by atoms with E-state index in [9.17, 15) is 4.79 Å². The van der Waals surface area contributed by atoms with E-state index in [1.54, 1.807) is 40.2 Å². The maximum atomic E-state index is 16.0. The lowest BCUT2D eigenvalue weighted by atomic mass is 9.80. The van der Waals surface area contributed by atoms with Crippen LogP contribution in [0, 0.1) is 5.82 Å². The monoisotopic (exact) mass is 491 g/mol. The zero-order chi connectivity index (χ0) is 24.2. The third kappa shape index (κ3) is 3.56. The summed E-state index contributed by atoms with van der Waals surface area (Å²) in [6, 6.07) is 4.86. The molecule has 1 aliphatic carbocycles. The van der Waals surface area contributed by atoms with Gasteiger partial charge in [-0.3, -0.25) is 9.48 Å². The van der Waals surface area contributed by atoms with E-state index in [-0.39, 0.29) is 22.9 Å². The van der Waals surface area contributed by atoms with E-state index >= 15 is 4.39 Å². The van der Waals surface area contributed by atoms with Crippen LogP contribution in [0.3, 0.4) is 0 Å². The summed E-state index contributed by atoms with van der Waals surface area (Å²) in [4.78, 5) is 20.0. The zero-order valence-corrected chi connectivity index (χ0v) is 20.4. The van der Waals surface area contributed by atoms with Gasteiger partial charge < -0.3 is 10.2 Å². The van der Waals surface area contributed by atoms with E-state index in [2.05, 4.69) is 27.6 Å². The van der Waals surface area contributed by atoms with Crippen molar-refractivity contribution in [2.75, 3.05) is 18.4 Å². The lowest BCUT2D eigenvalue weighted by molar-refractivity contribution is 0.0607. The van der Waals surface area contributed by atoms with Crippen LogP contribution < -0.4 is 5.32 Å². The Balaban J connectivity index is 1.38. The van der Waals surface area contributed by atoms with Crippen molar-refractivity contribution < 1.29 is 9.18 Å². The molecule has 6 rings (SSSR count). The molecule has 0 radical (unpaired) electrons. The van der Waals surface area contributed by atoms with Gasteiger partial charge >= 0.3 is 0 Å². The second kappa shape index (κ2) is 8.48. The predicted octanol–water partition coefficient (Wildman–Crippen LogP) is 5.66. The summed E-state index contributed by atoms with van der Waals surface area (Å²) >= 11 is 6.94. The minimum absolute atomic E-state index is 0.0604. The number of aromatic nitrogens is 3. The van der Waals surface area contributed by atoms with Crippen LogP contribution >= 0.6 is 11.6 Å². The first-order valence-corrected chi connectivity index (χ1v) is 12.5. The molecule has 180 valence electrons. The summed E-state index contributed by atoms with van der Waals surface area (Å²) in [7, 11) is 1.86. The molecule has 1 atom stereocenters. The predicted molar refractivity (Wildman–Crippen MR) is 134 cm³/mol. The second-order valence-corrected chi connectivity index (χ2v) is 10.2. The number of hydrogen-bond acceptors (Lipinski definition) is 4. The molecular weight excluding hydrogens is 465 g/mol. The lowest BCUT2D eigenvalue weighted by Gasteiger charge is -2.35. The number of nitrogens with zero attached hydrogens (tertiary/aromatic N) is 4.